The largest absolute Gasteiger partial charge is 0.490 e. The minimum Gasteiger partial charge on any atom is -0.490 e. The van der Waals surface area contributed by atoms with E-state index in [-0.39, 0.29) is 23.9 Å². The van der Waals surface area contributed by atoms with Gasteiger partial charge in [-0.1, -0.05) is 0 Å². The van der Waals surface area contributed by atoms with Crippen LogP contribution in [0.1, 0.15) is 13.3 Å². The van der Waals surface area contributed by atoms with Gasteiger partial charge in [0, 0.05) is 24.9 Å². The molecular weight excluding hydrogens is 270 g/mol. The highest BCUT2D eigenvalue weighted by atomic mass is 32.2. The van der Waals surface area contributed by atoms with Gasteiger partial charge in [0.2, 0.25) is 0 Å². The second-order valence-corrected chi connectivity index (χ2v) is 6.78. The number of hydrogen-bond acceptors (Lipinski definition) is 6. The van der Waals surface area contributed by atoms with Crippen molar-refractivity contribution in [3.63, 3.8) is 0 Å². The predicted molar refractivity (Wildman–Crippen MR) is 72.0 cm³/mol. The first-order chi connectivity index (χ1) is 8.78. The molecule has 0 amide bonds. The maximum absolute atomic E-state index is 11.7. The van der Waals surface area contributed by atoms with Crippen LogP contribution in [0.4, 0.5) is 0 Å². The van der Waals surface area contributed by atoms with Gasteiger partial charge in [-0.25, -0.2) is 13.1 Å². The number of rotatable bonds is 7. The molecule has 1 atom stereocenters. The standard InChI is InChI=1S/C11H19N3O4S/c1-9(12)8-18-10-6-11(15)14(13-7-10)4-3-5-19(2,16)17/h6-7,9H,3-5,8,12H2,1-2H3. The summed E-state index contributed by atoms with van der Waals surface area (Å²) in [4.78, 5) is 11.7. The molecule has 8 heteroatoms. The van der Waals surface area contributed by atoms with E-state index in [9.17, 15) is 13.2 Å². The Labute approximate surface area is 112 Å². The first kappa shape index (κ1) is 15.6. The predicted octanol–water partition coefficient (Wildman–Crippen LogP) is -0.596. The third kappa shape index (κ3) is 6.35. The van der Waals surface area contributed by atoms with Crippen molar-refractivity contribution >= 4 is 9.84 Å². The minimum atomic E-state index is -3.02. The molecule has 0 aliphatic rings. The SMILES string of the molecule is CC(N)COc1cnn(CCCS(C)(=O)=O)c(=O)c1. The van der Waals surface area contributed by atoms with E-state index in [1.54, 1.807) is 6.92 Å². The number of sulfone groups is 1. The van der Waals surface area contributed by atoms with Crippen LogP contribution >= 0.6 is 0 Å². The maximum atomic E-state index is 11.7. The van der Waals surface area contributed by atoms with E-state index in [2.05, 4.69) is 5.10 Å². The number of aromatic nitrogens is 2. The normalized spacial score (nSPS) is 13.2. The molecule has 1 aromatic heterocycles. The van der Waals surface area contributed by atoms with Crippen LogP contribution in [-0.4, -0.2) is 42.9 Å². The molecule has 0 aliphatic heterocycles. The van der Waals surface area contributed by atoms with Crippen molar-refractivity contribution < 1.29 is 13.2 Å². The fourth-order valence-corrected chi connectivity index (χ4v) is 2.02. The molecule has 0 saturated heterocycles. The fraction of sp³-hybridized carbons (Fsp3) is 0.636. The lowest BCUT2D eigenvalue weighted by atomic mass is 10.4. The van der Waals surface area contributed by atoms with Crippen LogP contribution in [-0.2, 0) is 16.4 Å². The van der Waals surface area contributed by atoms with Gasteiger partial charge in [-0.05, 0) is 13.3 Å². The van der Waals surface area contributed by atoms with Crippen LogP contribution in [0.2, 0.25) is 0 Å². The van der Waals surface area contributed by atoms with Crippen LogP contribution in [0.5, 0.6) is 5.75 Å². The molecule has 1 aromatic rings. The average molecular weight is 289 g/mol. The first-order valence-electron chi connectivity index (χ1n) is 5.91. The van der Waals surface area contributed by atoms with E-state index >= 15 is 0 Å². The summed E-state index contributed by atoms with van der Waals surface area (Å²) in [6, 6.07) is 1.19. The molecule has 0 radical (unpaired) electrons. The van der Waals surface area contributed by atoms with E-state index in [0.717, 1.165) is 6.26 Å². The number of aryl methyl sites for hydroxylation is 1. The lowest BCUT2D eigenvalue weighted by Gasteiger charge is -2.09. The zero-order chi connectivity index (χ0) is 14.5. The van der Waals surface area contributed by atoms with Crippen LogP contribution in [0.3, 0.4) is 0 Å². The van der Waals surface area contributed by atoms with Gasteiger partial charge in [0.1, 0.15) is 22.2 Å². The molecule has 0 fully saturated rings. The number of nitrogens with two attached hydrogens (primary N) is 1. The van der Waals surface area contributed by atoms with Gasteiger partial charge < -0.3 is 10.5 Å². The number of nitrogens with zero attached hydrogens (tertiary/aromatic N) is 2. The summed E-state index contributed by atoms with van der Waals surface area (Å²) in [6.45, 7) is 2.36. The monoisotopic (exact) mass is 289 g/mol. The lowest BCUT2D eigenvalue weighted by molar-refractivity contribution is 0.292. The zero-order valence-corrected chi connectivity index (χ0v) is 11.9. The summed E-state index contributed by atoms with van der Waals surface area (Å²) >= 11 is 0. The van der Waals surface area contributed by atoms with Gasteiger partial charge in [0.25, 0.3) is 5.56 Å². The van der Waals surface area contributed by atoms with Crippen molar-refractivity contribution in [1.29, 1.82) is 0 Å². The van der Waals surface area contributed by atoms with Crippen LogP contribution in [0, 0.1) is 0 Å². The topological polar surface area (TPSA) is 104 Å². The second-order valence-electron chi connectivity index (χ2n) is 4.52. The summed E-state index contributed by atoms with van der Waals surface area (Å²) in [6.07, 6.45) is 2.93. The minimum absolute atomic E-state index is 0.0318. The highest BCUT2D eigenvalue weighted by Gasteiger charge is 2.05. The van der Waals surface area contributed by atoms with Gasteiger partial charge in [-0.15, -0.1) is 0 Å². The molecular formula is C11H19N3O4S. The molecule has 1 unspecified atom stereocenters. The molecule has 2 N–H and O–H groups in total. The quantitative estimate of drug-likeness (QED) is 0.719. The Balaban J connectivity index is 2.60. The number of hydrogen-bond donors (Lipinski definition) is 1. The van der Waals surface area contributed by atoms with Crippen molar-refractivity contribution in [2.24, 2.45) is 5.73 Å². The van der Waals surface area contributed by atoms with E-state index in [1.165, 1.54) is 16.9 Å². The molecule has 7 nitrogen and oxygen atoms in total. The van der Waals surface area contributed by atoms with Crippen molar-refractivity contribution in [3.8, 4) is 5.75 Å². The summed E-state index contributed by atoms with van der Waals surface area (Å²) in [5.41, 5.74) is 5.21. The average Bonchev–Trinajstić information content (AvgIpc) is 2.27. The van der Waals surface area contributed by atoms with Gasteiger partial charge in [0.05, 0.1) is 11.9 Å². The highest BCUT2D eigenvalue weighted by Crippen LogP contribution is 2.04. The van der Waals surface area contributed by atoms with E-state index in [1.807, 2.05) is 0 Å². The van der Waals surface area contributed by atoms with Crippen LogP contribution in [0.25, 0.3) is 0 Å². The Morgan fingerprint density at radius 2 is 2.21 bits per heavy atom. The Hall–Kier alpha value is -1.41. The van der Waals surface area contributed by atoms with Crippen LogP contribution < -0.4 is 16.0 Å². The van der Waals surface area contributed by atoms with Crippen LogP contribution in [0.15, 0.2) is 17.1 Å². The summed E-state index contributed by atoms with van der Waals surface area (Å²) in [5, 5.41) is 3.92. The van der Waals surface area contributed by atoms with Gasteiger partial charge in [0.15, 0.2) is 0 Å². The van der Waals surface area contributed by atoms with Gasteiger partial charge >= 0.3 is 0 Å². The van der Waals surface area contributed by atoms with Crippen molar-refractivity contribution in [1.82, 2.24) is 9.78 Å². The maximum Gasteiger partial charge on any atom is 0.270 e. The third-order valence-corrected chi connectivity index (χ3v) is 3.27. The fourth-order valence-electron chi connectivity index (χ4n) is 1.37. The summed E-state index contributed by atoms with van der Waals surface area (Å²) in [7, 11) is -3.02. The van der Waals surface area contributed by atoms with E-state index in [0.29, 0.717) is 18.8 Å². The number of ether oxygens (including phenoxy) is 1. The molecule has 19 heavy (non-hydrogen) atoms. The second kappa shape index (κ2) is 6.67. The van der Waals surface area contributed by atoms with Gasteiger partial charge in [-0.2, -0.15) is 5.10 Å². The summed E-state index contributed by atoms with van der Waals surface area (Å²) in [5.74, 6) is 0.394. The lowest BCUT2D eigenvalue weighted by Crippen LogP contribution is -2.26. The highest BCUT2D eigenvalue weighted by molar-refractivity contribution is 7.90. The molecule has 1 rings (SSSR count). The molecule has 0 saturated carbocycles. The molecule has 1 heterocycles. The molecule has 0 aromatic carbocycles. The summed E-state index contributed by atoms with van der Waals surface area (Å²) < 4.78 is 28.4. The zero-order valence-electron chi connectivity index (χ0n) is 11.1. The molecule has 108 valence electrons. The van der Waals surface area contributed by atoms with Crippen molar-refractivity contribution in [3.05, 3.63) is 22.6 Å². The molecule has 0 bridgehead atoms. The Kier molecular flexibility index (Phi) is 5.49. The smallest absolute Gasteiger partial charge is 0.270 e. The van der Waals surface area contributed by atoms with Gasteiger partial charge in [-0.3, -0.25) is 4.79 Å². The van der Waals surface area contributed by atoms with Crippen molar-refractivity contribution in [2.45, 2.75) is 25.9 Å². The Bertz CT molecular complexity index is 566. The first-order valence-corrected chi connectivity index (χ1v) is 7.97. The van der Waals surface area contributed by atoms with Crippen molar-refractivity contribution in [2.75, 3.05) is 18.6 Å². The Morgan fingerprint density at radius 3 is 2.74 bits per heavy atom. The molecule has 0 spiro atoms. The molecule has 0 aliphatic carbocycles. The van der Waals surface area contributed by atoms with E-state index in [4.69, 9.17) is 10.5 Å². The third-order valence-electron chi connectivity index (χ3n) is 2.24. The van der Waals surface area contributed by atoms with E-state index < -0.39 is 9.84 Å². The Morgan fingerprint density at radius 1 is 1.53 bits per heavy atom.